The molecule has 0 saturated carbocycles. The zero-order valence-corrected chi connectivity index (χ0v) is 13.4. The Morgan fingerprint density at radius 1 is 1.00 bits per heavy atom. The summed E-state index contributed by atoms with van der Waals surface area (Å²) in [4.78, 5) is 0. The number of ether oxygens (including phenoxy) is 1. The minimum Gasteiger partial charge on any atom is -0.482 e. The molecular formula is C16H14NOY-. The second-order valence-corrected chi connectivity index (χ2v) is 4.98. The van der Waals surface area contributed by atoms with Crippen LogP contribution in [-0.2, 0) is 32.7 Å². The maximum atomic E-state index is 6.09. The second kappa shape index (κ2) is 5.36. The molecule has 2 nitrogen and oxygen atoms in total. The first kappa shape index (κ1) is 13.3. The number of nitrogens with one attached hydrogen (secondary N) is 1. The van der Waals surface area contributed by atoms with Gasteiger partial charge in [0.1, 0.15) is 5.75 Å². The maximum Gasteiger partial charge on any atom is 0.127 e. The number of hydrogen-bond donors (Lipinski definition) is 1. The van der Waals surface area contributed by atoms with Crippen LogP contribution in [0.3, 0.4) is 0 Å². The molecule has 0 aliphatic carbocycles. The van der Waals surface area contributed by atoms with Crippen molar-refractivity contribution in [2.75, 3.05) is 13.1 Å². The molecule has 2 aliphatic heterocycles. The summed E-state index contributed by atoms with van der Waals surface area (Å²) >= 11 is 0. The molecule has 4 rings (SSSR count). The van der Waals surface area contributed by atoms with Crippen molar-refractivity contribution >= 4 is 0 Å². The summed E-state index contributed by atoms with van der Waals surface area (Å²) in [5, 5.41) is 3.50. The van der Waals surface area contributed by atoms with Crippen molar-refractivity contribution in [2.45, 2.75) is 11.8 Å². The van der Waals surface area contributed by atoms with Crippen LogP contribution in [0.25, 0.3) is 0 Å². The number of rotatable bonds is 0. The molecule has 0 bridgehead atoms. The van der Waals surface area contributed by atoms with E-state index < -0.39 is 0 Å². The van der Waals surface area contributed by atoms with Crippen LogP contribution in [0.1, 0.15) is 23.0 Å². The van der Waals surface area contributed by atoms with Crippen LogP contribution >= 0.6 is 0 Å². The zero-order chi connectivity index (χ0) is 11.9. The van der Waals surface area contributed by atoms with E-state index in [0.717, 1.165) is 24.6 Å². The summed E-state index contributed by atoms with van der Waals surface area (Å²) in [6.45, 7) is 2.05. The van der Waals surface area contributed by atoms with Crippen molar-refractivity contribution < 1.29 is 37.4 Å². The van der Waals surface area contributed by atoms with Gasteiger partial charge in [0.05, 0.1) is 0 Å². The van der Waals surface area contributed by atoms with Crippen LogP contribution in [0.5, 0.6) is 11.5 Å². The van der Waals surface area contributed by atoms with Crippen LogP contribution in [0.4, 0.5) is 0 Å². The number of benzene rings is 2. The first-order valence-corrected chi connectivity index (χ1v) is 6.41. The summed E-state index contributed by atoms with van der Waals surface area (Å²) in [7, 11) is 0. The Bertz CT molecular complexity index is 547. The SMILES string of the molecule is [Y].[c-]1ccc2c(c1)[C@H]1CNC[C@@H]1c1ccccc1O2. The summed E-state index contributed by atoms with van der Waals surface area (Å²) in [5.74, 6) is 3.00. The predicted octanol–water partition coefficient (Wildman–Crippen LogP) is 3.06. The third-order valence-corrected chi connectivity index (χ3v) is 4.01. The largest absolute Gasteiger partial charge is 0.482 e. The third kappa shape index (κ3) is 2.16. The average molecular weight is 325 g/mol. The molecule has 1 radical (unpaired) electrons. The molecule has 19 heavy (non-hydrogen) atoms. The molecule has 2 aliphatic rings. The van der Waals surface area contributed by atoms with Crippen molar-refractivity contribution in [3.8, 4) is 11.5 Å². The Morgan fingerprint density at radius 3 is 2.63 bits per heavy atom. The predicted molar refractivity (Wildman–Crippen MR) is 70.1 cm³/mol. The van der Waals surface area contributed by atoms with E-state index in [2.05, 4.69) is 35.6 Å². The van der Waals surface area contributed by atoms with Gasteiger partial charge in [-0.2, -0.15) is 18.2 Å². The van der Waals surface area contributed by atoms with Gasteiger partial charge in [0.15, 0.2) is 0 Å². The average Bonchev–Trinajstić information content (AvgIpc) is 2.84. The van der Waals surface area contributed by atoms with Gasteiger partial charge in [0, 0.05) is 45.0 Å². The molecule has 93 valence electrons. The minimum atomic E-state index is 0. The molecule has 2 aromatic carbocycles. The molecule has 1 N–H and O–H groups in total. The molecule has 1 saturated heterocycles. The van der Waals surface area contributed by atoms with Crippen molar-refractivity contribution in [1.82, 2.24) is 5.32 Å². The Kier molecular flexibility index (Phi) is 3.75. The van der Waals surface area contributed by atoms with Gasteiger partial charge in [-0.15, -0.1) is 11.6 Å². The van der Waals surface area contributed by atoms with Gasteiger partial charge in [0.2, 0.25) is 0 Å². The van der Waals surface area contributed by atoms with Crippen molar-refractivity contribution in [3.05, 3.63) is 59.7 Å². The fourth-order valence-corrected chi connectivity index (χ4v) is 3.14. The number of fused-ring (bicyclic) bond motifs is 5. The van der Waals surface area contributed by atoms with Crippen molar-refractivity contribution in [1.29, 1.82) is 0 Å². The molecule has 3 heteroatoms. The molecule has 0 unspecified atom stereocenters. The number of hydrogen-bond acceptors (Lipinski definition) is 2. The quantitative estimate of drug-likeness (QED) is 0.752. The van der Waals surface area contributed by atoms with Gasteiger partial charge in [-0.05, 0) is 30.0 Å². The molecule has 0 spiro atoms. The van der Waals surface area contributed by atoms with E-state index in [1.165, 1.54) is 11.1 Å². The van der Waals surface area contributed by atoms with Gasteiger partial charge in [-0.1, -0.05) is 18.2 Å². The molecule has 2 heterocycles. The fraction of sp³-hybridized carbons (Fsp3) is 0.250. The summed E-state index contributed by atoms with van der Waals surface area (Å²) in [6.07, 6.45) is 0. The normalized spacial score (nSPS) is 23.2. The van der Waals surface area contributed by atoms with Gasteiger partial charge < -0.3 is 10.1 Å². The Balaban J connectivity index is 0.00000110. The van der Waals surface area contributed by atoms with E-state index in [4.69, 9.17) is 4.74 Å². The number of para-hydroxylation sites is 1. The maximum absolute atomic E-state index is 6.09. The second-order valence-electron chi connectivity index (χ2n) is 4.98. The first-order valence-electron chi connectivity index (χ1n) is 6.41. The Labute approximate surface area is 138 Å². The zero-order valence-electron chi connectivity index (χ0n) is 10.6. The first-order chi connectivity index (χ1) is 8.93. The summed E-state index contributed by atoms with van der Waals surface area (Å²) in [6, 6.07) is 17.6. The molecule has 1 fully saturated rings. The van der Waals surface area contributed by atoms with Crippen molar-refractivity contribution in [3.63, 3.8) is 0 Å². The van der Waals surface area contributed by atoms with Crippen LogP contribution < -0.4 is 10.1 Å². The minimum absolute atomic E-state index is 0. The van der Waals surface area contributed by atoms with Crippen LogP contribution in [0, 0.1) is 6.07 Å². The van der Waals surface area contributed by atoms with E-state index in [9.17, 15) is 0 Å². The molecule has 2 atom stereocenters. The van der Waals surface area contributed by atoms with Gasteiger partial charge in [-0.25, -0.2) is 0 Å². The molecule has 0 amide bonds. The Hall–Kier alpha value is -0.696. The van der Waals surface area contributed by atoms with E-state index >= 15 is 0 Å². The summed E-state index contributed by atoms with van der Waals surface area (Å²) in [5.41, 5.74) is 2.60. The topological polar surface area (TPSA) is 21.3 Å². The van der Waals surface area contributed by atoms with Crippen molar-refractivity contribution in [2.24, 2.45) is 0 Å². The smallest absolute Gasteiger partial charge is 0.127 e. The van der Waals surface area contributed by atoms with E-state index in [-0.39, 0.29) is 32.7 Å². The van der Waals surface area contributed by atoms with Gasteiger partial charge in [0.25, 0.3) is 0 Å². The van der Waals surface area contributed by atoms with E-state index in [1.54, 1.807) is 0 Å². The third-order valence-electron chi connectivity index (χ3n) is 4.01. The van der Waals surface area contributed by atoms with Crippen LogP contribution in [0.2, 0.25) is 0 Å². The monoisotopic (exact) mass is 325 g/mol. The van der Waals surface area contributed by atoms with E-state index in [1.807, 2.05) is 18.2 Å². The standard InChI is InChI=1S/C16H14NO.Y/c1-3-7-15-11(5-1)13-9-17-10-14(13)12-6-2-4-8-16(12)18-15;/h1,3-8,13-14,17H,9-10H2;/q-1;/t13-,14-;/m1./s1. The van der Waals surface area contributed by atoms with Crippen LogP contribution in [0.15, 0.2) is 42.5 Å². The van der Waals surface area contributed by atoms with E-state index in [0.29, 0.717) is 11.8 Å². The van der Waals surface area contributed by atoms with Gasteiger partial charge in [-0.3, -0.25) is 0 Å². The van der Waals surface area contributed by atoms with Gasteiger partial charge >= 0.3 is 0 Å². The van der Waals surface area contributed by atoms with Crippen LogP contribution in [-0.4, -0.2) is 13.1 Å². The molecule has 0 aromatic heterocycles. The fourth-order valence-electron chi connectivity index (χ4n) is 3.14. The summed E-state index contributed by atoms with van der Waals surface area (Å²) < 4.78 is 6.09. The Morgan fingerprint density at radius 2 is 1.74 bits per heavy atom. The molecular weight excluding hydrogens is 311 g/mol. The molecule has 2 aromatic rings.